The predicted molar refractivity (Wildman–Crippen MR) is 51.1 cm³/mol. The molecule has 0 saturated heterocycles. The molecule has 0 radical (unpaired) electrons. The van der Waals surface area contributed by atoms with Gasteiger partial charge in [-0.3, -0.25) is 4.21 Å². The van der Waals surface area contributed by atoms with Gasteiger partial charge < -0.3 is 4.55 Å². The quantitative estimate of drug-likeness (QED) is 0.675. The van der Waals surface area contributed by atoms with Crippen molar-refractivity contribution in [3.05, 3.63) is 42.2 Å². The highest BCUT2D eigenvalue weighted by Crippen LogP contribution is 2.22. The largest absolute Gasteiger partial charge is 0.768 e. The molecule has 0 fully saturated rings. The van der Waals surface area contributed by atoms with Gasteiger partial charge in [0.15, 0.2) is 0 Å². The lowest BCUT2D eigenvalue weighted by molar-refractivity contribution is 0.525. The van der Waals surface area contributed by atoms with Crippen molar-refractivity contribution in [2.24, 2.45) is 0 Å². The Labute approximate surface area is 82.7 Å². The fourth-order valence-electron chi connectivity index (χ4n) is 1.34. The zero-order chi connectivity index (χ0) is 10.1. The van der Waals surface area contributed by atoms with Gasteiger partial charge in [-0.1, -0.05) is 30.3 Å². The average Bonchev–Trinajstić information content (AvgIpc) is 2.18. The van der Waals surface area contributed by atoms with Crippen molar-refractivity contribution in [3.8, 4) is 0 Å². The Morgan fingerprint density at radius 2 is 1.86 bits per heavy atom. The Kier molecular flexibility index (Phi) is 2.31. The average molecular weight is 209 g/mol. The molecule has 4 heteroatoms. The molecule has 0 bridgehead atoms. The SMILES string of the molecule is O=S([O-])c1ccc2ccccc2c1F. The molecule has 0 spiro atoms. The van der Waals surface area contributed by atoms with Gasteiger partial charge in [-0.25, -0.2) is 4.39 Å². The topological polar surface area (TPSA) is 40.1 Å². The second kappa shape index (κ2) is 3.48. The van der Waals surface area contributed by atoms with E-state index in [4.69, 9.17) is 0 Å². The number of rotatable bonds is 1. The first-order chi connectivity index (χ1) is 6.70. The second-order valence-electron chi connectivity index (χ2n) is 2.83. The summed E-state index contributed by atoms with van der Waals surface area (Å²) in [5.41, 5.74) is 0. The van der Waals surface area contributed by atoms with Crippen molar-refractivity contribution in [2.75, 3.05) is 0 Å². The fourth-order valence-corrected chi connectivity index (χ4v) is 1.78. The van der Waals surface area contributed by atoms with Crippen molar-refractivity contribution in [1.82, 2.24) is 0 Å². The predicted octanol–water partition coefficient (Wildman–Crippen LogP) is 2.22. The maximum Gasteiger partial charge on any atom is 0.145 e. The molecule has 2 rings (SSSR count). The van der Waals surface area contributed by atoms with Crippen molar-refractivity contribution in [2.45, 2.75) is 4.90 Å². The Hall–Kier alpha value is -1.26. The van der Waals surface area contributed by atoms with E-state index in [2.05, 4.69) is 0 Å². The molecule has 0 saturated carbocycles. The van der Waals surface area contributed by atoms with Gasteiger partial charge in [0, 0.05) is 5.39 Å². The van der Waals surface area contributed by atoms with E-state index in [1.807, 2.05) is 0 Å². The fraction of sp³-hybridized carbons (Fsp3) is 0. The molecule has 0 N–H and O–H groups in total. The Bertz CT molecular complexity index is 510. The van der Waals surface area contributed by atoms with E-state index in [1.165, 1.54) is 6.07 Å². The normalized spacial score (nSPS) is 13.0. The van der Waals surface area contributed by atoms with Crippen LogP contribution in [0.2, 0.25) is 0 Å². The number of fused-ring (bicyclic) bond motifs is 1. The highest BCUT2D eigenvalue weighted by atomic mass is 32.2. The first-order valence-corrected chi connectivity index (χ1v) is 5.04. The van der Waals surface area contributed by atoms with Crippen LogP contribution in [-0.2, 0) is 11.1 Å². The summed E-state index contributed by atoms with van der Waals surface area (Å²) in [6, 6.07) is 9.58. The summed E-state index contributed by atoms with van der Waals surface area (Å²) in [6.45, 7) is 0. The Balaban J connectivity index is 2.81. The highest BCUT2D eigenvalue weighted by molar-refractivity contribution is 7.79. The van der Waals surface area contributed by atoms with Crippen LogP contribution < -0.4 is 0 Å². The van der Waals surface area contributed by atoms with Gasteiger partial charge >= 0.3 is 0 Å². The standard InChI is InChI=1S/C10H7FO2S/c11-10-8-4-2-1-3-7(8)5-6-9(10)14(12)13/h1-6H,(H,12,13)/p-1. The smallest absolute Gasteiger partial charge is 0.145 e. The molecule has 72 valence electrons. The van der Waals surface area contributed by atoms with Crippen LogP contribution in [0.15, 0.2) is 41.3 Å². The van der Waals surface area contributed by atoms with Gasteiger partial charge in [0.2, 0.25) is 0 Å². The molecule has 2 aromatic rings. The van der Waals surface area contributed by atoms with Crippen LogP contribution in [0.5, 0.6) is 0 Å². The monoisotopic (exact) mass is 209 g/mol. The summed E-state index contributed by atoms with van der Waals surface area (Å²) in [5.74, 6) is -0.684. The van der Waals surface area contributed by atoms with Gasteiger partial charge in [0.05, 0.1) is 4.90 Å². The third-order valence-corrected chi connectivity index (χ3v) is 2.68. The number of hydrogen-bond donors (Lipinski definition) is 0. The van der Waals surface area contributed by atoms with Crippen LogP contribution >= 0.6 is 0 Å². The molecular formula is C10H6FO2S-. The Morgan fingerprint density at radius 3 is 2.57 bits per heavy atom. The minimum atomic E-state index is -2.52. The maximum absolute atomic E-state index is 13.5. The van der Waals surface area contributed by atoms with Gasteiger partial charge in [-0.15, -0.1) is 0 Å². The molecule has 1 atom stereocenters. The molecule has 0 heterocycles. The summed E-state index contributed by atoms with van der Waals surface area (Å²) in [4.78, 5) is -0.288. The molecule has 2 nitrogen and oxygen atoms in total. The lowest BCUT2D eigenvalue weighted by Gasteiger charge is -2.08. The Morgan fingerprint density at radius 1 is 1.14 bits per heavy atom. The van der Waals surface area contributed by atoms with E-state index in [1.54, 1.807) is 30.3 Å². The van der Waals surface area contributed by atoms with E-state index in [0.717, 1.165) is 0 Å². The summed E-state index contributed by atoms with van der Waals surface area (Å²) in [5, 5.41) is 1.02. The molecule has 0 amide bonds. The van der Waals surface area contributed by atoms with Crippen LogP contribution in [0.1, 0.15) is 0 Å². The lowest BCUT2D eigenvalue weighted by Crippen LogP contribution is -1.94. The molecule has 0 aliphatic carbocycles. The zero-order valence-corrected chi connectivity index (χ0v) is 7.88. The highest BCUT2D eigenvalue weighted by Gasteiger charge is 2.06. The van der Waals surface area contributed by atoms with E-state index in [0.29, 0.717) is 10.8 Å². The van der Waals surface area contributed by atoms with Crippen LogP contribution in [0.25, 0.3) is 10.8 Å². The summed E-state index contributed by atoms with van der Waals surface area (Å²) in [6.07, 6.45) is 0. The third kappa shape index (κ3) is 1.42. The van der Waals surface area contributed by atoms with Crippen molar-refractivity contribution < 1.29 is 13.2 Å². The summed E-state index contributed by atoms with van der Waals surface area (Å²) < 4.78 is 34.8. The van der Waals surface area contributed by atoms with Crippen molar-refractivity contribution in [1.29, 1.82) is 0 Å². The number of hydrogen-bond acceptors (Lipinski definition) is 2. The van der Waals surface area contributed by atoms with Crippen molar-refractivity contribution in [3.63, 3.8) is 0 Å². The molecule has 2 aromatic carbocycles. The first kappa shape index (κ1) is 9.30. The number of halogens is 1. The van der Waals surface area contributed by atoms with Gasteiger partial charge in [-0.05, 0) is 22.5 Å². The van der Waals surface area contributed by atoms with Crippen molar-refractivity contribution >= 4 is 21.9 Å². The van der Waals surface area contributed by atoms with Crippen LogP contribution in [0, 0.1) is 5.82 Å². The van der Waals surface area contributed by atoms with E-state index in [9.17, 15) is 13.2 Å². The molecular weight excluding hydrogens is 203 g/mol. The minimum absolute atomic E-state index is 0.288. The van der Waals surface area contributed by atoms with E-state index in [-0.39, 0.29) is 4.90 Å². The van der Waals surface area contributed by atoms with Gasteiger partial charge in [-0.2, -0.15) is 0 Å². The number of benzene rings is 2. The zero-order valence-electron chi connectivity index (χ0n) is 7.07. The van der Waals surface area contributed by atoms with Crippen LogP contribution in [0.4, 0.5) is 4.39 Å². The lowest BCUT2D eigenvalue weighted by atomic mass is 10.1. The molecule has 0 aliphatic rings. The maximum atomic E-state index is 13.5. The van der Waals surface area contributed by atoms with Crippen LogP contribution in [0.3, 0.4) is 0 Å². The van der Waals surface area contributed by atoms with Gasteiger partial charge in [0.1, 0.15) is 5.82 Å². The molecule has 14 heavy (non-hydrogen) atoms. The van der Waals surface area contributed by atoms with E-state index >= 15 is 0 Å². The van der Waals surface area contributed by atoms with Crippen LogP contribution in [-0.4, -0.2) is 8.76 Å². The van der Waals surface area contributed by atoms with E-state index < -0.39 is 16.9 Å². The molecule has 0 aliphatic heterocycles. The third-order valence-electron chi connectivity index (χ3n) is 2.01. The second-order valence-corrected chi connectivity index (χ2v) is 3.74. The summed E-state index contributed by atoms with van der Waals surface area (Å²) >= 11 is -2.52. The van der Waals surface area contributed by atoms with Gasteiger partial charge in [0.25, 0.3) is 0 Å². The molecule has 1 unspecified atom stereocenters. The minimum Gasteiger partial charge on any atom is -0.768 e. The molecule has 0 aromatic heterocycles. The summed E-state index contributed by atoms with van der Waals surface area (Å²) in [7, 11) is 0. The first-order valence-electron chi connectivity index (χ1n) is 3.96.